The molecule has 6 nitrogen and oxygen atoms in total. The van der Waals surface area contributed by atoms with Crippen LogP contribution in [0.1, 0.15) is 84.0 Å². The molecule has 0 amide bonds. The minimum absolute atomic E-state index is 0.108. The van der Waals surface area contributed by atoms with Crippen LogP contribution in [0.5, 0.6) is 0 Å². The monoisotopic (exact) mass is 382 g/mol. The summed E-state index contributed by atoms with van der Waals surface area (Å²) in [6, 6.07) is 0. The Morgan fingerprint density at radius 1 is 1.04 bits per heavy atom. The third kappa shape index (κ3) is 7.00. The van der Waals surface area contributed by atoms with Crippen molar-refractivity contribution >= 4 is 17.9 Å². The number of hydrogen-bond acceptors (Lipinski definition) is 4. The third-order valence-corrected chi connectivity index (χ3v) is 5.56. The molecule has 1 saturated carbocycles. The van der Waals surface area contributed by atoms with Crippen molar-refractivity contribution in [3.63, 3.8) is 0 Å². The van der Waals surface area contributed by atoms with E-state index < -0.39 is 29.2 Å². The topological polar surface area (TPSA) is 101 Å². The molecule has 2 N–H and O–H groups in total. The molecule has 0 aliphatic heterocycles. The highest BCUT2D eigenvalue weighted by atomic mass is 16.5. The Kier molecular flexibility index (Phi) is 10.1. The molecule has 0 spiro atoms. The Morgan fingerprint density at radius 2 is 1.63 bits per heavy atom. The second kappa shape index (κ2) is 11.8. The van der Waals surface area contributed by atoms with E-state index in [0.717, 1.165) is 19.3 Å². The summed E-state index contributed by atoms with van der Waals surface area (Å²) in [6.07, 6.45) is 9.96. The largest absolute Gasteiger partial charge is 0.481 e. The number of unbranched alkanes of at least 4 members (excludes halogenated alkanes) is 7. The highest BCUT2D eigenvalue weighted by Gasteiger charge is 2.49. The predicted molar refractivity (Wildman–Crippen MR) is 102 cm³/mol. The van der Waals surface area contributed by atoms with Crippen LogP contribution in [0.2, 0.25) is 0 Å². The van der Waals surface area contributed by atoms with Crippen molar-refractivity contribution in [1.82, 2.24) is 0 Å². The molecular weight excluding hydrogens is 348 g/mol. The molecule has 2 atom stereocenters. The van der Waals surface area contributed by atoms with Crippen LogP contribution in [-0.2, 0) is 19.1 Å². The molecule has 0 aromatic heterocycles. The van der Waals surface area contributed by atoms with E-state index >= 15 is 0 Å². The molecule has 2 unspecified atom stereocenters. The number of ether oxygens (including phenoxy) is 1. The quantitative estimate of drug-likeness (QED) is 0.275. The second-order valence-corrected chi connectivity index (χ2v) is 7.61. The third-order valence-electron chi connectivity index (χ3n) is 5.56. The van der Waals surface area contributed by atoms with Gasteiger partial charge in [-0.05, 0) is 25.7 Å². The normalized spacial score (nSPS) is 22.2. The van der Waals surface area contributed by atoms with Crippen molar-refractivity contribution in [2.24, 2.45) is 11.3 Å². The molecule has 6 heteroatoms. The first kappa shape index (κ1) is 23.2. The van der Waals surface area contributed by atoms with Crippen molar-refractivity contribution in [3.8, 4) is 0 Å². The molecule has 0 aromatic carbocycles. The lowest BCUT2D eigenvalue weighted by atomic mass is 9.65. The van der Waals surface area contributed by atoms with Gasteiger partial charge >= 0.3 is 17.9 Å². The maximum absolute atomic E-state index is 12.3. The summed E-state index contributed by atoms with van der Waals surface area (Å²) in [5.74, 6) is -3.71. The molecule has 0 heterocycles. The van der Waals surface area contributed by atoms with Gasteiger partial charge in [-0.25, -0.2) is 4.79 Å². The first-order valence-corrected chi connectivity index (χ1v) is 10.2. The molecule has 0 bridgehead atoms. The lowest BCUT2D eigenvalue weighted by molar-refractivity contribution is -0.157. The van der Waals surface area contributed by atoms with Gasteiger partial charge in [-0.3, -0.25) is 9.59 Å². The average Bonchev–Trinajstić information content (AvgIpc) is 2.65. The summed E-state index contributed by atoms with van der Waals surface area (Å²) >= 11 is 0. The molecule has 0 aromatic rings. The average molecular weight is 382 g/mol. The molecule has 1 aliphatic rings. The fourth-order valence-corrected chi connectivity index (χ4v) is 3.77. The lowest BCUT2D eigenvalue weighted by Crippen LogP contribution is -2.42. The van der Waals surface area contributed by atoms with Crippen LogP contribution in [-0.4, -0.2) is 34.7 Å². The minimum Gasteiger partial charge on any atom is -0.481 e. The highest BCUT2D eigenvalue weighted by molar-refractivity contribution is 5.97. The van der Waals surface area contributed by atoms with Gasteiger partial charge in [0.15, 0.2) is 0 Å². The summed E-state index contributed by atoms with van der Waals surface area (Å²) in [4.78, 5) is 35.4. The summed E-state index contributed by atoms with van der Waals surface area (Å²) in [5.41, 5.74) is -1.65. The van der Waals surface area contributed by atoms with Crippen molar-refractivity contribution in [3.05, 3.63) is 12.2 Å². The van der Waals surface area contributed by atoms with Gasteiger partial charge in [0.2, 0.25) is 0 Å². The summed E-state index contributed by atoms with van der Waals surface area (Å²) in [7, 11) is 0. The first-order valence-electron chi connectivity index (χ1n) is 10.2. The summed E-state index contributed by atoms with van der Waals surface area (Å²) < 4.78 is 5.22. The summed E-state index contributed by atoms with van der Waals surface area (Å²) in [5, 5.41) is 18.9. The van der Waals surface area contributed by atoms with E-state index in [1.807, 2.05) is 0 Å². The van der Waals surface area contributed by atoms with Crippen molar-refractivity contribution in [2.45, 2.75) is 84.0 Å². The lowest BCUT2D eigenvalue weighted by Gasteiger charge is -2.36. The Labute approximate surface area is 162 Å². The van der Waals surface area contributed by atoms with Crippen molar-refractivity contribution < 1.29 is 29.3 Å². The van der Waals surface area contributed by atoms with Gasteiger partial charge in [-0.15, -0.1) is 0 Å². The maximum Gasteiger partial charge on any atom is 0.334 e. The number of hydrogen-bond donors (Lipinski definition) is 2. The fourth-order valence-electron chi connectivity index (χ4n) is 3.77. The highest BCUT2D eigenvalue weighted by Crippen LogP contribution is 2.45. The van der Waals surface area contributed by atoms with E-state index in [0.29, 0.717) is 12.8 Å². The van der Waals surface area contributed by atoms with Gasteiger partial charge in [0.1, 0.15) is 0 Å². The maximum atomic E-state index is 12.3. The van der Waals surface area contributed by atoms with Crippen LogP contribution in [0.25, 0.3) is 0 Å². The van der Waals surface area contributed by atoms with E-state index in [2.05, 4.69) is 13.5 Å². The van der Waals surface area contributed by atoms with E-state index in [-0.39, 0.29) is 25.0 Å². The number of carboxylic acids is 2. The number of carboxylic acid groups (broad SMARTS) is 2. The van der Waals surface area contributed by atoms with Gasteiger partial charge in [0.25, 0.3) is 0 Å². The van der Waals surface area contributed by atoms with Crippen LogP contribution >= 0.6 is 0 Å². The molecular formula is C21H34O6. The Morgan fingerprint density at radius 3 is 2.19 bits per heavy atom. The van der Waals surface area contributed by atoms with Crippen LogP contribution in [0.15, 0.2) is 12.2 Å². The van der Waals surface area contributed by atoms with E-state index in [1.165, 1.54) is 32.1 Å². The standard InChI is InChI=1S/C21H34O6/c1-3-4-5-6-7-8-9-10-14-27-19(24)16(2)21(20(25)26)13-11-12-17(15-21)18(22)23/h17H,2-15H2,1H3,(H,22,23)(H,25,26). The van der Waals surface area contributed by atoms with Crippen LogP contribution < -0.4 is 0 Å². The second-order valence-electron chi connectivity index (χ2n) is 7.61. The minimum atomic E-state index is -1.53. The predicted octanol–water partition coefficient (Wildman–Crippen LogP) is 4.57. The Bertz CT molecular complexity index is 527. The molecule has 1 aliphatic carbocycles. The number of aliphatic carboxylic acids is 2. The molecule has 27 heavy (non-hydrogen) atoms. The van der Waals surface area contributed by atoms with Crippen LogP contribution in [0.3, 0.4) is 0 Å². The smallest absolute Gasteiger partial charge is 0.334 e. The number of carbonyl (C=O) groups excluding carboxylic acids is 1. The zero-order valence-corrected chi connectivity index (χ0v) is 16.5. The number of esters is 1. The molecule has 0 radical (unpaired) electrons. The van der Waals surface area contributed by atoms with E-state index in [1.54, 1.807) is 0 Å². The number of rotatable bonds is 13. The van der Waals surface area contributed by atoms with Gasteiger partial charge in [-0.2, -0.15) is 0 Å². The van der Waals surface area contributed by atoms with E-state index in [9.17, 15) is 24.6 Å². The molecule has 1 rings (SSSR count). The SMILES string of the molecule is C=C(C(=O)OCCCCCCCCCC)C1(C(=O)O)CCCC(C(=O)O)C1. The van der Waals surface area contributed by atoms with Crippen LogP contribution in [0.4, 0.5) is 0 Å². The molecule has 154 valence electrons. The Balaban J connectivity index is 2.43. The van der Waals surface area contributed by atoms with E-state index in [4.69, 9.17) is 4.74 Å². The first-order chi connectivity index (χ1) is 12.8. The van der Waals surface area contributed by atoms with Gasteiger partial charge < -0.3 is 14.9 Å². The van der Waals surface area contributed by atoms with Crippen molar-refractivity contribution in [1.29, 1.82) is 0 Å². The number of carbonyl (C=O) groups is 3. The Hall–Kier alpha value is -1.85. The molecule has 1 fully saturated rings. The van der Waals surface area contributed by atoms with Gasteiger partial charge in [0.05, 0.1) is 17.9 Å². The molecule has 0 saturated heterocycles. The van der Waals surface area contributed by atoms with Crippen LogP contribution in [0, 0.1) is 11.3 Å². The zero-order valence-electron chi connectivity index (χ0n) is 16.5. The fraction of sp³-hybridized carbons (Fsp3) is 0.762. The summed E-state index contributed by atoms with van der Waals surface area (Å²) in [6.45, 7) is 6.10. The van der Waals surface area contributed by atoms with Gasteiger partial charge in [0, 0.05) is 5.57 Å². The van der Waals surface area contributed by atoms with Gasteiger partial charge in [-0.1, -0.05) is 64.9 Å². The van der Waals surface area contributed by atoms with Crippen molar-refractivity contribution in [2.75, 3.05) is 6.61 Å². The zero-order chi connectivity index (χ0) is 20.3.